The van der Waals surface area contributed by atoms with E-state index in [0.717, 1.165) is 12.3 Å². The average Bonchev–Trinajstić information content (AvgIpc) is 2.89. The van der Waals surface area contributed by atoms with Gasteiger partial charge in [-0.3, -0.25) is 0 Å². The molecule has 1 fully saturated rings. The Morgan fingerprint density at radius 2 is 2.05 bits per heavy atom. The third-order valence-corrected chi connectivity index (χ3v) is 5.96. The molecule has 2 N–H and O–H groups in total. The average molecular weight is 271 g/mol. The minimum absolute atomic E-state index is 0.105. The summed E-state index contributed by atoms with van der Waals surface area (Å²) in [7, 11) is 0. The molecule has 110 valence electrons. The highest BCUT2D eigenvalue weighted by atomic mass is 14.8. The summed E-state index contributed by atoms with van der Waals surface area (Å²) in [5, 5.41) is 0. The van der Waals surface area contributed by atoms with Crippen LogP contribution in [-0.2, 0) is 12.8 Å². The van der Waals surface area contributed by atoms with E-state index in [4.69, 9.17) is 5.73 Å². The fourth-order valence-corrected chi connectivity index (χ4v) is 4.21. The van der Waals surface area contributed by atoms with Crippen molar-refractivity contribution in [3.8, 4) is 0 Å². The predicted molar refractivity (Wildman–Crippen MR) is 86.0 cm³/mol. The second-order valence-corrected chi connectivity index (χ2v) is 7.20. The predicted octanol–water partition coefficient (Wildman–Crippen LogP) is 4.58. The Kier molecular flexibility index (Phi) is 3.90. The number of hydrogen-bond acceptors (Lipinski definition) is 1. The maximum absolute atomic E-state index is 6.46. The van der Waals surface area contributed by atoms with Gasteiger partial charge in [-0.15, -0.1) is 0 Å². The number of fused-ring (bicyclic) bond motifs is 1. The molecule has 2 aliphatic carbocycles. The first-order valence-corrected chi connectivity index (χ1v) is 8.54. The number of benzene rings is 1. The Morgan fingerprint density at radius 3 is 2.75 bits per heavy atom. The number of hydrogen-bond donors (Lipinski definition) is 1. The second kappa shape index (κ2) is 5.52. The molecule has 0 unspecified atom stereocenters. The van der Waals surface area contributed by atoms with Crippen LogP contribution >= 0.6 is 0 Å². The second-order valence-electron chi connectivity index (χ2n) is 7.20. The molecule has 1 nitrogen and oxygen atoms in total. The van der Waals surface area contributed by atoms with Gasteiger partial charge in [-0.05, 0) is 73.5 Å². The molecule has 0 bridgehead atoms. The molecule has 1 aromatic carbocycles. The Balaban J connectivity index is 1.77. The van der Waals surface area contributed by atoms with E-state index in [1.54, 1.807) is 16.7 Å². The van der Waals surface area contributed by atoms with Crippen molar-refractivity contribution in [3.63, 3.8) is 0 Å². The smallest absolute Gasteiger partial charge is 0.0157 e. The van der Waals surface area contributed by atoms with Crippen LogP contribution in [0.2, 0.25) is 0 Å². The van der Waals surface area contributed by atoms with Gasteiger partial charge >= 0.3 is 0 Å². The van der Waals surface area contributed by atoms with Gasteiger partial charge < -0.3 is 5.73 Å². The van der Waals surface area contributed by atoms with Crippen molar-refractivity contribution in [2.45, 2.75) is 76.7 Å². The molecule has 0 aliphatic heterocycles. The van der Waals surface area contributed by atoms with Gasteiger partial charge in [-0.2, -0.15) is 0 Å². The van der Waals surface area contributed by atoms with E-state index in [-0.39, 0.29) is 5.54 Å². The molecule has 1 saturated carbocycles. The van der Waals surface area contributed by atoms with E-state index < -0.39 is 0 Å². The highest BCUT2D eigenvalue weighted by Gasteiger charge is 2.35. The zero-order chi connectivity index (χ0) is 14.2. The van der Waals surface area contributed by atoms with Crippen LogP contribution in [0.1, 0.15) is 75.0 Å². The van der Waals surface area contributed by atoms with Gasteiger partial charge in [0, 0.05) is 5.54 Å². The van der Waals surface area contributed by atoms with Crippen molar-refractivity contribution in [2.75, 3.05) is 0 Å². The first-order valence-electron chi connectivity index (χ1n) is 8.54. The Bertz CT molecular complexity index is 479. The molecule has 0 radical (unpaired) electrons. The maximum Gasteiger partial charge on any atom is 0.0157 e. The summed E-state index contributed by atoms with van der Waals surface area (Å²) in [4.78, 5) is 0. The highest BCUT2D eigenvalue weighted by Crippen LogP contribution is 2.42. The van der Waals surface area contributed by atoms with Gasteiger partial charge in [0.1, 0.15) is 0 Å². The van der Waals surface area contributed by atoms with Crippen molar-refractivity contribution >= 4 is 0 Å². The van der Waals surface area contributed by atoms with E-state index >= 15 is 0 Å². The quantitative estimate of drug-likeness (QED) is 0.855. The summed E-state index contributed by atoms with van der Waals surface area (Å²) < 4.78 is 0. The Hall–Kier alpha value is -0.820. The van der Waals surface area contributed by atoms with Crippen molar-refractivity contribution in [2.24, 2.45) is 11.7 Å². The van der Waals surface area contributed by atoms with E-state index in [0.29, 0.717) is 5.92 Å². The van der Waals surface area contributed by atoms with Crippen LogP contribution in [0, 0.1) is 5.92 Å². The van der Waals surface area contributed by atoms with Crippen LogP contribution in [0.4, 0.5) is 0 Å². The zero-order valence-corrected chi connectivity index (χ0v) is 13.1. The third kappa shape index (κ3) is 2.65. The van der Waals surface area contributed by atoms with Crippen LogP contribution in [0.5, 0.6) is 0 Å². The van der Waals surface area contributed by atoms with Gasteiger partial charge in [-0.1, -0.05) is 38.5 Å². The van der Waals surface area contributed by atoms with E-state index in [2.05, 4.69) is 32.0 Å². The molecular formula is C19H29N. The lowest BCUT2D eigenvalue weighted by Gasteiger charge is -2.25. The molecule has 0 saturated heterocycles. The van der Waals surface area contributed by atoms with Crippen molar-refractivity contribution in [1.29, 1.82) is 0 Å². The van der Waals surface area contributed by atoms with Crippen molar-refractivity contribution in [3.05, 3.63) is 34.9 Å². The molecule has 0 heterocycles. The van der Waals surface area contributed by atoms with Crippen LogP contribution in [0.15, 0.2) is 18.2 Å². The molecule has 0 amide bonds. The minimum atomic E-state index is 0.105. The van der Waals surface area contributed by atoms with Gasteiger partial charge in [0.15, 0.2) is 0 Å². The van der Waals surface area contributed by atoms with Gasteiger partial charge in [0.2, 0.25) is 0 Å². The monoisotopic (exact) mass is 271 g/mol. The topological polar surface area (TPSA) is 26.0 Å². The lowest BCUT2D eigenvalue weighted by molar-refractivity contribution is 0.418. The SMILES string of the molecule is CC[C@@H]1CCc2cc([C@H]3CC[C@](N)(CC)C3)ccc2C1. The summed E-state index contributed by atoms with van der Waals surface area (Å²) in [5.41, 5.74) is 11.4. The summed E-state index contributed by atoms with van der Waals surface area (Å²) in [6, 6.07) is 7.31. The normalized spacial score (nSPS) is 33.1. The standard InChI is InChI=1S/C19H29N/c1-3-14-5-6-16-12-17(8-7-15(16)11-14)18-9-10-19(20,4-2)13-18/h7-8,12,14,18H,3-6,9-11,13,20H2,1-2H3/t14-,18+,19-/m1/s1. The molecule has 2 aliphatic rings. The molecular weight excluding hydrogens is 242 g/mol. The number of nitrogens with two attached hydrogens (primary N) is 1. The lowest BCUT2D eigenvalue weighted by atomic mass is 9.80. The molecule has 0 aromatic heterocycles. The van der Waals surface area contributed by atoms with Crippen LogP contribution < -0.4 is 5.73 Å². The molecule has 3 rings (SSSR count). The van der Waals surface area contributed by atoms with E-state index in [1.807, 2.05) is 0 Å². The fraction of sp³-hybridized carbons (Fsp3) is 0.684. The van der Waals surface area contributed by atoms with Crippen LogP contribution in [-0.4, -0.2) is 5.54 Å². The van der Waals surface area contributed by atoms with Crippen LogP contribution in [0.25, 0.3) is 0 Å². The molecule has 0 spiro atoms. The fourth-order valence-electron chi connectivity index (χ4n) is 4.21. The zero-order valence-electron chi connectivity index (χ0n) is 13.1. The summed E-state index contributed by atoms with van der Waals surface area (Å²) in [6.45, 7) is 4.56. The molecule has 1 aromatic rings. The third-order valence-electron chi connectivity index (χ3n) is 5.96. The maximum atomic E-state index is 6.46. The molecule has 1 heteroatoms. The van der Waals surface area contributed by atoms with Crippen molar-refractivity contribution in [1.82, 2.24) is 0 Å². The van der Waals surface area contributed by atoms with E-state index in [9.17, 15) is 0 Å². The first kappa shape index (κ1) is 14.1. The summed E-state index contributed by atoms with van der Waals surface area (Å²) >= 11 is 0. The van der Waals surface area contributed by atoms with Gasteiger partial charge in [-0.25, -0.2) is 0 Å². The number of rotatable bonds is 3. The largest absolute Gasteiger partial charge is 0.325 e. The number of aryl methyl sites for hydroxylation is 1. The van der Waals surface area contributed by atoms with Crippen LogP contribution in [0.3, 0.4) is 0 Å². The van der Waals surface area contributed by atoms with Gasteiger partial charge in [0.25, 0.3) is 0 Å². The van der Waals surface area contributed by atoms with E-state index in [1.165, 1.54) is 44.9 Å². The summed E-state index contributed by atoms with van der Waals surface area (Å²) in [6.07, 6.45) is 10.1. The lowest BCUT2D eigenvalue weighted by Crippen LogP contribution is -2.35. The van der Waals surface area contributed by atoms with Gasteiger partial charge in [0.05, 0.1) is 0 Å². The Labute approximate surface area is 124 Å². The summed E-state index contributed by atoms with van der Waals surface area (Å²) in [5.74, 6) is 1.62. The molecule has 3 atom stereocenters. The highest BCUT2D eigenvalue weighted by molar-refractivity contribution is 5.36. The first-order chi connectivity index (χ1) is 9.63. The minimum Gasteiger partial charge on any atom is -0.325 e. The molecule has 20 heavy (non-hydrogen) atoms. The van der Waals surface area contributed by atoms with Crippen molar-refractivity contribution < 1.29 is 0 Å². The Morgan fingerprint density at radius 1 is 1.20 bits per heavy atom.